The molecule has 0 spiro atoms. The molecule has 4 rings (SSSR count). The van der Waals surface area contributed by atoms with Gasteiger partial charge in [0.25, 0.3) is 0 Å². The predicted molar refractivity (Wildman–Crippen MR) is 105 cm³/mol. The van der Waals surface area contributed by atoms with E-state index in [0.29, 0.717) is 12.5 Å². The minimum Gasteiger partial charge on any atom is -0.489 e. The Morgan fingerprint density at radius 3 is 2.35 bits per heavy atom. The van der Waals surface area contributed by atoms with Crippen LogP contribution in [-0.2, 0) is 6.61 Å². The zero-order chi connectivity index (χ0) is 18.1. The molecule has 3 nitrogen and oxygen atoms in total. The van der Waals surface area contributed by atoms with Crippen molar-refractivity contribution in [1.29, 1.82) is 0 Å². The van der Waals surface area contributed by atoms with Crippen LogP contribution < -0.4 is 4.74 Å². The number of nitrogens with zero attached hydrogens (tertiary/aromatic N) is 1. The Balaban J connectivity index is 1.51. The first-order valence-corrected chi connectivity index (χ1v) is 8.82. The summed E-state index contributed by atoms with van der Waals surface area (Å²) in [5, 5.41) is 0.724. The van der Waals surface area contributed by atoms with Crippen LogP contribution in [0.4, 0.5) is 0 Å². The second kappa shape index (κ2) is 6.85. The van der Waals surface area contributed by atoms with Gasteiger partial charge in [0.05, 0.1) is 0 Å². The molecule has 0 aliphatic heterocycles. The van der Waals surface area contributed by atoms with E-state index in [9.17, 15) is 0 Å². The largest absolute Gasteiger partial charge is 0.489 e. The van der Waals surface area contributed by atoms with Crippen molar-refractivity contribution in [3.05, 3.63) is 82.4 Å². The highest BCUT2D eigenvalue weighted by Crippen LogP contribution is 2.27. The van der Waals surface area contributed by atoms with E-state index in [1.807, 2.05) is 54.6 Å². The monoisotopic (exact) mass is 363 g/mol. The van der Waals surface area contributed by atoms with Crippen molar-refractivity contribution in [1.82, 2.24) is 4.98 Å². The Morgan fingerprint density at radius 1 is 0.923 bits per heavy atom. The third-order valence-corrected chi connectivity index (χ3v) is 4.68. The van der Waals surface area contributed by atoms with Crippen molar-refractivity contribution in [3.8, 4) is 17.2 Å². The highest BCUT2D eigenvalue weighted by molar-refractivity contribution is 6.30. The fourth-order valence-corrected chi connectivity index (χ4v) is 2.87. The number of fused-ring (bicyclic) bond motifs is 1. The van der Waals surface area contributed by atoms with Crippen LogP contribution in [0.5, 0.6) is 5.75 Å². The van der Waals surface area contributed by atoms with Gasteiger partial charge in [-0.05, 0) is 79.1 Å². The molecule has 0 bridgehead atoms. The number of hydrogen-bond acceptors (Lipinski definition) is 3. The molecule has 4 aromatic rings. The lowest BCUT2D eigenvalue weighted by atomic mass is 10.1. The first-order valence-electron chi connectivity index (χ1n) is 8.44. The summed E-state index contributed by atoms with van der Waals surface area (Å²) in [6.07, 6.45) is 0. The Morgan fingerprint density at radius 2 is 1.62 bits per heavy atom. The van der Waals surface area contributed by atoms with E-state index in [0.717, 1.165) is 33.0 Å². The maximum atomic E-state index is 5.91. The molecule has 0 aliphatic rings. The molecule has 4 heteroatoms. The first-order chi connectivity index (χ1) is 12.6. The fourth-order valence-electron chi connectivity index (χ4n) is 2.74. The average Bonchev–Trinajstić information content (AvgIpc) is 3.05. The van der Waals surface area contributed by atoms with Crippen LogP contribution in [0.2, 0.25) is 5.02 Å². The van der Waals surface area contributed by atoms with Gasteiger partial charge in [-0.2, -0.15) is 0 Å². The minimum atomic E-state index is 0.498. The summed E-state index contributed by atoms with van der Waals surface area (Å²) in [7, 11) is 0. The quantitative estimate of drug-likeness (QED) is 0.424. The van der Waals surface area contributed by atoms with Gasteiger partial charge in [0.1, 0.15) is 17.9 Å². The van der Waals surface area contributed by atoms with E-state index in [-0.39, 0.29) is 0 Å². The number of hydrogen-bond donors (Lipinski definition) is 0. The second-order valence-corrected chi connectivity index (χ2v) is 6.80. The zero-order valence-corrected chi connectivity index (χ0v) is 15.4. The molecule has 0 atom stereocenters. The van der Waals surface area contributed by atoms with Crippen molar-refractivity contribution >= 4 is 22.7 Å². The Bertz CT molecular complexity index is 1010. The summed E-state index contributed by atoms with van der Waals surface area (Å²) in [5.74, 6) is 1.42. The van der Waals surface area contributed by atoms with E-state index < -0.39 is 0 Å². The lowest BCUT2D eigenvalue weighted by molar-refractivity contribution is 0.306. The normalized spacial score (nSPS) is 11.0. The average molecular weight is 364 g/mol. The summed E-state index contributed by atoms with van der Waals surface area (Å²) in [6.45, 7) is 4.65. The lowest BCUT2D eigenvalue weighted by Gasteiger charge is -2.06. The van der Waals surface area contributed by atoms with E-state index in [1.54, 1.807) is 0 Å². The van der Waals surface area contributed by atoms with Crippen LogP contribution in [0.25, 0.3) is 22.6 Å². The molecule has 1 heterocycles. The van der Waals surface area contributed by atoms with Gasteiger partial charge in [-0.25, -0.2) is 4.98 Å². The van der Waals surface area contributed by atoms with Crippen LogP contribution >= 0.6 is 11.6 Å². The van der Waals surface area contributed by atoms with Gasteiger partial charge < -0.3 is 9.15 Å². The topological polar surface area (TPSA) is 35.3 Å². The Labute approximate surface area is 157 Å². The number of oxazole rings is 1. The molecule has 130 valence electrons. The lowest BCUT2D eigenvalue weighted by Crippen LogP contribution is -1.94. The molecule has 1 aromatic heterocycles. The number of ether oxygens (including phenoxy) is 1. The fraction of sp³-hybridized carbons (Fsp3) is 0.136. The molecule has 0 fully saturated rings. The zero-order valence-electron chi connectivity index (χ0n) is 14.6. The first kappa shape index (κ1) is 16.7. The molecule has 26 heavy (non-hydrogen) atoms. The predicted octanol–water partition coefficient (Wildman–Crippen LogP) is 6.34. The van der Waals surface area contributed by atoms with Crippen molar-refractivity contribution in [2.45, 2.75) is 20.5 Å². The summed E-state index contributed by atoms with van der Waals surface area (Å²) < 4.78 is 11.7. The summed E-state index contributed by atoms with van der Waals surface area (Å²) in [4.78, 5) is 4.60. The van der Waals surface area contributed by atoms with Crippen molar-refractivity contribution in [2.24, 2.45) is 0 Å². The van der Waals surface area contributed by atoms with Gasteiger partial charge >= 0.3 is 0 Å². The van der Waals surface area contributed by atoms with E-state index in [1.165, 1.54) is 11.1 Å². The summed E-state index contributed by atoms with van der Waals surface area (Å²) in [6, 6.07) is 19.5. The summed E-state index contributed by atoms with van der Waals surface area (Å²) >= 11 is 5.90. The van der Waals surface area contributed by atoms with Crippen LogP contribution in [0.1, 0.15) is 16.7 Å². The second-order valence-electron chi connectivity index (χ2n) is 6.36. The van der Waals surface area contributed by atoms with Gasteiger partial charge in [-0.3, -0.25) is 0 Å². The third-order valence-electron chi connectivity index (χ3n) is 4.42. The van der Waals surface area contributed by atoms with Crippen LogP contribution in [0.3, 0.4) is 0 Å². The molecule has 0 amide bonds. The number of halogens is 1. The SMILES string of the molecule is Cc1cc2nc(-c3ccc(OCc4ccc(Cl)cc4)cc3)oc2cc1C. The van der Waals surface area contributed by atoms with E-state index in [2.05, 4.69) is 24.9 Å². The number of rotatable bonds is 4. The van der Waals surface area contributed by atoms with Crippen LogP contribution in [0.15, 0.2) is 65.1 Å². The number of aryl methyl sites for hydroxylation is 2. The van der Waals surface area contributed by atoms with Gasteiger partial charge in [0.15, 0.2) is 5.58 Å². The summed E-state index contributed by atoms with van der Waals surface area (Å²) in [5.41, 5.74) is 6.10. The molecule has 0 saturated carbocycles. The highest BCUT2D eigenvalue weighted by atomic mass is 35.5. The van der Waals surface area contributed by atoms with Crippen molar-refractivity contribution in [2.75, 3.05) is 0 Å². The number of aromatic nitrogens is 1. The molecule has 3 aromatic carbocycles. The molecule has 0 saturated heterocycles. The van der Waals surface area contributed by atoms with Crippen molar-refractivity contribution < 1.29 is 9.15 Å². The Hall–Kier alpha value is -2.78. The minimum absolute atomic E-state index is 0.498. The standard InChI is InChI=1S/C22H18ClNO2/c1-14-11-20-21(12-15(14)2)26-22(24-20)17-5-9-19(10-6-17)25-13-16-3-7-18(23)8-4-16/h3-12H,13H2,1-2H3. The smallest absolute Gasteiger partial charge is 0.227 e. The molecule has 0 aliphatic carbocycles. The van der Waals surface area contributed by atoms with Gasteiger partial charge in [-0.15, -0.1) is 0 Å². The van der Waals surface area contributed by atoms with Gasteiger partial charge in [-0.1, -0.05) is 23.7 Å². The van der Waals surface area contributed by atoms with E-state index in [4.69, 9.17) is 20.8 Å². The maximum absolute atomic E-state index is 5.91. The Kier molecular flexibility index (Phi) is 4.39. The molecular formula is C22H18ClNO2. The van der Waals surface area contributed by atoms with Gasteiger partial charge in [0.2, 0.25) is 5.89 Å². The molecular weight excluding hydrogens is 346 g/mol. The number of benzene rings is 3. The molecule has 0 radical (unpaired) electrons. The van der Waals surface area contributed by atoms with E-state index >= 15 is 0 Å². The van der Waals surface area contributed by atoms with Gasteiger partial charge in [0, 0.05) is 10.6 Å². The maximum Gasteiger partial charge on any atom is 0.227 e. The van der Waals surface area contributed by atoms with Crippen molar-refractivity contribution in [3.63, 3.8) is 0 Å². The van der Waals surface area contributed by atoms with Crippen LogP contribution in [0, 0.1) is 13.8 Å². The highest BCUT2D eigenvalue weighted by Gasteiger charge is 2.10. The molecule has 0 unspecified atom stereocenters. The third kappa shape index (κ3) is 3.44. The molecule has 0 N–H and O–H groups in total. The van der Waals surface area contributed by atoms with Crippen LogP contribution in [-0.4, -0.2) is 4.98 Å².